The molecule has 0 saturated carbocycles. The van der Waals surface area contributed by atoms with Crippen molar-refractivity contribution < 1.29 is 9.66 Å². The lowest BCUT2D eigenvalue weighted by molar-refractivity contribution is -0.389. The number of hydrogen-bond donors (Lipinski definition) is 0. The fourth-order valence-corrected chi connectivity index (χ4v) is 1.82. The van der Waals surface area contributed by atoms with Crippen LogP contribution < -0.4 is 0 Å². The van der Waals surface area contributed by atoms with E-state index in [1.807, 2.05) is 0 Å². The number of ether oxygens (including phenoxy) is 1. The molecule has 2 rings (SSSR count). The van der Waals surface area contributed by atoms with Crippen LogP contribution >= 0.6 is 11.6 Å². The van der Waals surface area contributed by atoms with Crippen LogP contribution in [0.1, 0.15) is 12.8 Å². The first-order valence-corrected chi connectivity index (χ1v) is 5.03. The van der Waals surface area contributed by atoms with E-state index in [1.54, 1.807) is 0 Å². The molecule has 0 amide bonds. The van der Waals surface area contributed by atoms with Crippen molar-refractivity contribution in [3.05, 3.63) is 21.3 Å². The summed E-state index contributed by atoms with van der Waals surface area (Å²) in [5, 5.41) is 14.3. The normalized spacial score (nSPS) is 20.7. The summed E-state index contributed by atoms with van der Waals surface area (Å²) in [6.45, 7) is 1.27. The zero-order valence-corrected chi connectivity index (χ0v) is 8.68. The lowest BCUT2D eigenvalue weighted by Gasteiger charge is -2.05. The Bertz CT molecular complexity index is 373. The number of nitro groups is 1. The molecular weight excluding hydrogens is 222 g/mol. The van der Waals surface area contributed by atoms with Crippen LogP contribution in [0.5, 0.6) is 0 Å². The van der Waals surface area contributed by atoms with Gasteiger partial charge >= 0.3 is 5.82 Å². The van der Waals surface area contributed by atoms with Gasteiger partial charge in [0, 0.05) is 6.61 Å². The summed E-state index contributed by atoms with van der Waals surface area (Å²) in [4.78, 5) is 9.90. The van der Waals surface area contributed by atoms with Crippen LogP contribution in [-0.2, 0) is 11.3 Å². The molecule has 1 fully saturated rings. The second-order valence-corrected chi connectivity index (χ2v) is 3.82. The molecule has 0 spiro atoms. The molecule has 0 N–H and O–H groups in total. The quantitative estimate of drug-likeness (QED) is 0.586. The van der Waals surface area contributed by atoms with Crippen molar-refractivity contribution in [1.29, 1.82) is 0 Å². The molecule has 0 aromatic carbocycles. The molecule has 82 valence electrons. The van der Waals surface area contributed by atoms with Gasteiger partial charge in [-0.05, 0) is 17.8 Å². The molecule has 6 nitrogen and oxygen atoms in total. The van der Waals surface area contributed by atoms with Gasteiger partial charge in [0.05, 0.1) is 23.9 Å². The molecule has 1 aliphatic heterocycles. The monoisotopic (exact) mass is 231 g/mol. The van der Waals surface area contributed by atoms with Crippen LogP contribution in [0.3, 0.4) is 0 Å². The van der Waals surface area contributed by atoms with Gasteiger partial charge in [-0.2, -0.15) is 4.68 Å². The van der Waals surface area contributed by atoms with Crippen molar-refractivity contribution in [3.63, 3.8) is 0 Å². The SMILES string of the molecule is O=[N+]([O-])c1nn(CC2CCCO2)cc1Cl. The summed E-state index contributed by atoms with van der Waals surface area (Å²) in [7, 11) is 0. The molecule has 1 atom stereocenters. The van der Waals surface area contributed by atoms with E-state index in [2.05, 4.69) is 5.10 Å². The molecule has 1 unspecified atom stereocenters. The second kappa shape index (κ2) is 4.16. The van der Waals surface area contributed by atoms with E-state index in [0.717, 1.165) is 19.4 Å². The van der Waals surface area contributed by atoms with Gasteiger partial charge in [0.15, 0.2) is 5.02 Å². The van der Waals surface area contributed by atoms with Crippen LogP contribution in [0.15, 0.2) is 6.20 Å². The Labute approximate surface area is 90.9 Å². The van der Waals surface area contributed by atoms with Gasteiger partial charge in [-0.3, -0.25) is 0 Å². The third kappa shape index (κ3) is 2.27. The zero-order chi connectivity index (χ0) is 10.8. The average molecular weight is 232 g/mol. The standard InChI is InChI=1S/C8H10ClN3O3/c9-7-5-11(10-8(7)12(13)14)4-6-2-1-3-15-6/h5-6H,1-4H2. The molecule has 2 heterocycles. The van der Waals surface area contributed by atoms with Crippen LogP contribution in [0.2, 0.25) is 5.02 Å². The second-order valence-electron chi connectivity index (χ2n) is 3.41. The van der Waals surface area contributed by atoms with Gasteiger partial charge in [-0.25, -0.2) is 0 Å². The van der Waals surface area contributed by atoms with E-state index < -0.39 is 4.92 Å². The van der Waals surface area contributed by atoms with Crippen LogP contribution in [0.4, 0.5) is 5.82 Å². The number of rotatable bonds is 3. The number of aromatic nitrogens is 2. The Morgan fingerprint density at radius 2 is 2.60 bits per heavy atom. The average Bonchev–Trinajstić information content (AvgIpc) is 2.75. The van der Waals surface area contributed by atoms with Crippen LogP contribution in [0, 0.1) is 10.1 Å². The summed E-state index contributed by atoms with van der Waals surface area (Å²) in [6, 6.07) is 0. The van der Waals surface area contributed by atoms with Gasteiger partial charge < -0.3 is 14.9 Å². The summed E-state index contributed by atoms with van der Waals surface area (Å²) in [6.07, 6.45) is 3.55. The Morgan fingerprint density at radius 1 is 1.80 bits per heavy atom. The number of halogens is 1. The van der Waals surface area contributed by atoms with E-state index in [0.29, 0.717) is 6.54 Å². The van der Waals surface area contributed by atoms with Gasteiger partial charge in [0.1, 0.15) is 0 Å². The van der Waals surface area contributed by atoms with Crippen molar-refractivity contribution in [1.82, 2.24) is 9.78 Å². The first-order chi connectivity index (χ1) is 7.16. The highest BCUT2D eigenvalue weighted by atomic mass is 35.5. The minimum absolute atomic E-state index is 0.0676. The Kier molecular flexibility index (Phi) is 2.88. The fraction of sp³-hybridized carbons (Fsp3) is 0.625. The third-order valence-corrected chi connectivity index (χ3v) is 2.55. The third-order valence-electron chi connectivity index (χ3n) is 2.29. The lowest BCUT2D eigenvalue weighted by atomic mass is 10.2. The van der Waals surface area contributed by atoms with Crippen molar-refractivity contribution in [2.75, 3.05) is 6.61 Å². The molecule has 0 bridgehead atoms. The molecule has 1 saturated heterocycles. The first kappa shape index (κ1) is 10.4. The largest absolute Gasteiger partial charge is 0.408 e. The van der Waals surface area contributed by atoms with E-state index in [1.165, 1.54) is 10.9 Å². The maximum Gasteiger partial charge on any atom is 0.408 e. The Balaban J connectivity index is 2.08. The topological polar surface area (TPSA) is 70.2 Å². The predicted octanol–water partition coefficient (Wildman–Crippen LogP) is 1.62. The van der Waals surface area contributed by atoms with Crippen molar-refractivity contribution in [3.8, 4) is 0 Å². The highest BCUT2D eigenvalue weighted by Crippen LogP contribution is 2.22. The molecule has 1 aromatic heterocycles. The smallest absolute Gasteiger partial charge is 0.376 e. The summed E-state index contributed by atoms with van der Waals surface area (Å²) >= 11 is 5.66. The van der Waals surface area contributed by atoms with Crippen molar-refractivity contribution in [2.24, 2.45) is 0 Å². The molecule has 15 heavy (non-hydrogen) atoms. The molecule has 0 aliphatic carbocycles. The molecule has 1 aliphatic rings. The minimum Gasteiger partial charge on any atom is -0.376 e. The highest BCUT2D eigenvalue weighted by Gasteiger charge is 2.23. The zero-order valence-electron chi connectivity index (χ0n) is 7.93. The Hall–Kier alpha value is -1.14. The van der Waals surface area contributed by atoms with Gasteiger partial charge in [0.2, 0.25) is 0 Å². The van der Waals surface area contributed by atoms with Crippen molar-refractivity contribution >= 4 is 17.4 Å². The maximum absolute atomic E-state index is 10.5. The molecule has 1 aromatic rings. The van der Waals surface area contributed by atoms with Crippen LogP contribution in [-0.4, -0.2) is 27.4 Å². The maximum atomic E-state index is 10.5. The summed E-state index contributed by atoms with van der Waals surface area (Å²) in [5.74, 6) is -0.297. The fourth-order valence-electron chi connectivity index (χ4n) is 1.60. The first-order valence-electron chi connectivity index (χ1n) is 4.66. The van der Waals surface area contributed by atoms with E-state index >= 15 is 0 Å². The van der Waals surface area contributed by atoms with Gasteiger partial charge in [0.25, 0.3) is 0 Å². The van der Waals surface area contributed by atoms with E-state index in [-0.39, 0.29) is 16.9 Å². The van der Waals surface area contributed by atoms with Crippen molar-refractivity contribution in [2.45, 2.75) is 25.5 Å². The number of hydrogen-bond acceptors (Lipinski definition) is 4. The van der Waals surface area contributed by atoms with E-state index in [9.17, 15) is 10.1 Å². The lowest BCUT2D eigenvalue weighted by Crippen LogP contribution is -2.15. The van der Waals surface area contributed by atoms with Gasteiger partial charge in [-0.15, -0.1) is 0 Å². The van der Waals surface area contributed by atoms with E-state index in [4.69, 9.17) is 16.3 Å². The van der Waals surface area contributed by atoms with Crippen LogP contribution in [0.25, 0.3) is 0 Å². The molecule has 7 heteroatoms. The summed E-state index contributed by atoms with van der Waals surface area (Å²) in [5.41, 5.74) is 0. The highest BCUT2D eigenvalue weighted by molar-refractivity contribution is 6.32. The Morgan fingerprint density at radius 3 is 3.13 bits per heavy atom. The number of nitrogens with zero attached hydrogens (tertiary/aromatic N) is 3. The molecule has 0 radical (unpaired) electrons. The minimum atomic E-state index is -0.589. The van der Waals surface area contributed by atoms with Gasteiger partial charge in [-0.1, -0.05) is 11.6 Å². The molecular formula is C8H10ClN3O3. The predicted molar refractivity (Wildman–Crippen MR) is 52.9 cm³/mol. The summed E-state index contributed by atoms with van der Waals surface area (Å²) < 4.78 is 6.86.